The molecule has 0 aliphatic rings. The van der Waals surface area contributed by atoms with E-state index in [-0.39, 0.29) is 5.69 Å². The van der Waals surface area contributed by atoms with Crippen molar-refractivity contribution >= 4 is 21.6 Å². The van der Waals surface area contributed by atoms with Crippen molar-refractivity contribution < 1.29 is 17.9 Å². The first-order valence-electron chi connectivity index (χ1n) is 9.09. The molecule has 31 heavy (non-hydrogen) atoms. The van der Waals surface area contributed by atoms with E-state index in [4.69, 9.17) is 4.74 Å². The molecule has 0 aliphatic carbocycles. The number of aromatic amines is 1. The van der Waals surface area contributed by atoms with Gasteiger partial charge in [0.2, 0.25) is 0 Å². The highest BCUT2D eigenvalue weighted by Crippen LogP contribution is 2.38. The quantitative estimate of drug-likeness (QED) is 0.504. The lowest BCUT2D eigenvalue weighted by Crippen LogP contribution is -2.35. The molecule has 0 saturated carbocycles. The van der Waals surface area contributed by atoms with E-state index in [9.17, 15) is 22.8 Å². The predicted molar refractivity (Wildman–Crippen MR) is 112 cm³/mol. The zero-order chi connectivity index (χ0) is 22.5. The first kappa shape index (κ1) is 20.9. The summed E-state index contributed by atoms with van der Waals surface area (Å²) in [6.45, 7) is 3.92. The maximum absolute atomic E-state index is 12.9. The minimum atomic E-state index is -4.83. The van der Waals surface area contributed by atoms with Crippen molar-refractivity contribution in [3.05, 3.63) is 74.1 Å². The van der Waals surface area contributed by atoms with Crippen LogP contribution in [0.15, 0.2) is 46.0 Å². The summed E-state index contributed by atoms with van der Waals surface area (Å²) in [7, 11) is 1.55. The number of rotatable bonds is 3. The summed E-state index contributed by atoms with van der Waals surface area (Å²) in [5, 5.41) is 0.648. The number of hydrogen-bond acceptors (Lipinski definition) is 5. The van der Waals surface area contributed by atoms with Gasteiger partial charge in [0.15, 0.2) is 0 Å². The predicted octanol–water partition coefficient (Wildman–Crippen LogP) is 4.45. The van der Waals surface area contributed by atoms with E-state index in [1.165, 1.54) is 17.6 Å². The summed E-state index contributed by atoms with van der Waals surface area (Å²) in [6, 6.07) is 8.92. The number of nitrogens with one attached hydrogen (secondary N) is 1. The fourth-order valence-electron chi connectivity index (χ4n) is 3.30. The highest BCUT2D eigenvalue weighted by Gasteiger charge is 2.33. The third kappa shape index (κ3) is 3.63. The number of ether oxygens (including phenoxy) is 1. The van der Waals surface area contributed by atoms with E-state index in [1.807, 2.05) is 26.0 Å². The highest BCUT2D eigenvalue weighted by molar-refractivity contribution is 7.13. The summed E-state index contributed by atoms with van der Waals surface area (Å²) >= 11 is 1.23. The molecule has 0 spiro atoms. The summed E-state index contributed by atoms with van der Waals surface area (Å²) in [5.74, 6) is 0.616. The van der Waals surface area contributed by atoms with Crippen molar-refractivity contribution in [2.45, 2.75) is 20.0 Å². The number of hydrogen-bond donors (Lipinski definition) is 1. The Kier molecular flexibility index (Phi) is 4.97. The summed E-state index contributed by atoms with van der Waals surface area (Å²) in [5.41, 5.74) is -0.0982. The molecule has 2 aromatic carbocycles. The zero-order valence-corrected chi connectivity index (χ0v) is 17.4. The smallest absolute Gasteiger partial charge is 0.431 e. The van der Waals surface area contributed by atoms with Gasteiger partial charge in [0.05, 0.1) is 23.2 Å². The zero-order valence-electron chi connectivity index (χ0n) is 16.6. The van der Waals surface area contributed by atoms with Crippen molar-refractivity contribution in [2.75, 3.05) is 7.11 Å². The Bertz CT molecular complexity index is 1400. The average molecular weight is 447 g/mol. The number of fused-ring (bicyclic) bond motifs is 1. The Hall–Kier alpha value is -3.40. The molecule has 6 nitrogen and oxygen atoms in total. The van der Waals surface area contributed by atoms with Crippen LogP contribution in [0.1, 0.15) is 16.8 Å². The third-order valence-corrected chi connectivity index (χ3v) is 5.85. The lowest BCUT2D eigenvalue weighted by molar-refractivity contribution is -0.141. The summed E-state index contributed by atoms with van der Waals surface area (Å²) in [4.78, 5) is 26.3. The molecule has 0 bridgehead atoms. The van der Waals surface area contributed by atoms with Gasteiger partial charge in [-0.25, -0.2) is 9.36 Å². The van der Waals surface area contributed by atoms with Crippen molar-refractivity contribution in [1.29, 1.82) is 0 Å². The lowest BCUT2D eigenvalue weighted by atomic mass is 10.0. The molecule has 0 saturated heterocycles. The lowest BCUT2D eigenvalue weighted by Gasteiger charge is -2.11. The second-order valence-electron chi connectivity index (χ2n) is 7.01. The molecule has 0 atom stereocenters. The molecular weight excluding hydrogens is 431 g/mol. The number of aryl methyl sites for hydroxylation is 2. The van der Waals surface area contributed by atoms with Gasteiger partial charge in [0.1, 0.15) is 11.4 Å². The molecule has 0 radical (unpaired) electrons. The number of benzene rings is 2. The van der Waals surface area contributed by atoms with Crippen molar-refractivity contribution in [3.8, 4) is 22.7 Å². The number of alkyl halides is 3. The maximum atomic E-state index is 12.9. The van der Waals surface area contributed by atoms with E-state index < -0.39 is 23.1 Å². The van der Waals surface area contributed by atoms with Gasteiger partial charge in [-0.3, -0.25) is 4.79 Å². The first-order chi connectivity index (χ1) is 14.6. The van der Waals surface area contributed by atoms with Gasteiger partial charge in [-0.05, 0) is 66.8 Å². The average Bonchev–Trinajstić information content (AvgIpc) is 3.11. The SMILES string of the molecule is COc1cc(C)c(C)cc1-c1nsc2ccc(-n3c(=O)cc(C(F)(F)F)[nH]c3=O)cc12. The van der Waals surface area contributed by atoms with Crippen LogP contribution in [0, 0.1) is 13.8 Å². The van der Waals surface area contributed by atoms with Gasteiger partial charge in [0, 0.05) is 17.0 Å². The minimum Gasteiger partial charge on any atom is -0.496 e. The molecule has 10 heteroatoms. The second kappa shape index (κ2) is 7.38. The van der Waals surface area contributed by atoms with Gasteiger partial charge in [-0.1, -0.05) is 0 Å². The van der Waals surface area contributed by atoms with E-state index in [0.717, 1.165) is 21.4 Å². The number of methoxy groups -OCH3 is 1. The van der Waals surface area contributed by atoms with E-state index in [0.29, 0.717) is 27.5 Å². The van der Waals surface area contributed by atoms with Crippen molar-refractivity contribution in [2.24, 2.45) is 0 Å². The van der Waals surface area contributed by atoms with Crippen LogP contribution >= 0.6 is 11.5 Å². The van der Waals surface area contributed by atoms with Crippen LogP contribution in [-0.2, 0) is 6.18 Å². The van der Waals surface area contributed by atoms with E-state index in [1.54, 1.807) is 24.2 Å². The molecule has 0 aliphatic heterocycles. The van der Waals surface area contributed by atoms with Gasteiger partial charge in [0.25, 0.3) is 5.56 Å². The summed E-state index contributed by atoms with van der Waals surface area (Å²) in [6.07, 6.45) is -4.83. The molecule has 2 aromatic heterocycles. The highest BCUT2D eigenvalue weighted by atomic mass is 32.1. The van der Waals surface area contributed by atoms with E-state index in [2.05, 4.69) is 4.37 Å². The van der Waals surface area contributed by atoms with Gasteiger partial charge < -0.3 is 9.72 Å². The van der Waals surface area contributed by atoms with Gasteiger partial charge in [-0.2, -0.15) is 17.5 Å². The molecule has 160 valence electrons. The topological polar surface area (TPSA) is 77.0 Å². The summed E-state index contributed by atoms with van der Waals surface area (Å²) < 4.78 is 50.1. The molecule has 0 unspecified atom stereocenters. The van der Waals surface area contributed by atoms with Crippen LogP contribution in [0.2, 0.25) is 0 Å². The van der Waals surface area contributed by atoms with Crippen LogP contribution in [0.4, 0.5) is 13.2 Å². The van der Waals surface area contributed by atoms with Crippen LogP contribution in [0.3, 0.4) is 0 Å². The Morgan fingerprint density at radius 2 is 1.77 bits per heavy atom. The van der Waals surface area contributed by atoms with Gasteiger partial charge >= 0.3 is 11.9 Å². The molecule has 0 amide bonds. The van der Waals surface area contributed by atoms with E-state index >= 15 is 0 Å². The Morgan fingerprint density at radius 1 is 1.06 bits per heavy atom. The fraction of sp³-hybridized carbons (Fsp3) is 0.190. The van der Waals surface area contributed by atoms with Crippen LogP contribution in [-0.4, -0.2) is 21.0 Å². The Morgan fingerprint density at radius 3 is 2.42 bits per heavy atom. The number of H-pyrrole nitrogens is 1. The number of nitrogens with zero attached hydrogens (tertiary/aromatic N) is 2. The molecule has 4 rings (SSSR count). The first-order valence-corrected chi connectivity index (χ1v) is 9.86. The number of aromatic nitrogens is 3. The fourth-order valence-corrected chi connectivity index (χ4v) is 4.07. The van der Waals surface area contributed by atoms with Crippen molar-refractivity contribution in [3.63, 3.8) is 0 Å². The molecular formula is C21H16F3N3O3S. The minimum absolute atomic E-state index is 0.136. The largest absolute Gasteiger partial charge is 0.496 e. The molecule has 0 fully saturated rings. The molecule has 1 N–H and O–H groups in total. The van der Waals surface area contributed by atoms with Crippen LogP contribution < -0.4 is 16.0 Å². The van der Waals surface area contributed by atoms with Gasteiger partial charge in [-0.15, -0.1) is 0 Å². The monoisotopic (exact) mass is 447 g/mol. The third-order valence-electron chi connectivity index (χ3n) is 5.02. The Balaban J connectivity index is 1.93. The Labute approximate surface area is 177 Å². The van der Waals surface area contributed by atoms with Crippen molar-refractivity contribution in [1.82, 2.24) is 13.9 Å². The maximum Gasteiger partial charge on any atom is 0.431 e. The number of halogens is 3. The second-order valence-corrected chi connectivity index (χ2v) is 7.81. The van der Waals surface area contributed by atoms with Crippen LogP contribution in [0.5, 0.6) is 5.75 Å². The molecule has 2 heterocycles. The van der Waals surface area contributed by atoms with Crippen LogP contribution in [0.25, 0.3) is 27.0 Å². The normalized spacial score (nSPS) is 11.8. The molecule has 4 aromatic rings. The standard InChI is InChI=1S/C21H16F3N3O3S/c1-10-6-13(15(30-3)7-11(10)2)19-14-8-12(4-5-16(14)31-26-19)27-18(28)9-17(21(22,23)24)25-20(27)29/h4-9H,1-3H3,(H,25,29).